The average molecular weight is 428 g/mol. The van der Waals surface area contributed by atoms with Gasteiger partial charge in [0.05, 0.1) is 17.1 Å². The van der Waals surface area contributed by atoms with E-state index in [1.807, 2.05) is 13.8 Å². The van der Waals surface area contributed by atoms with Gasteiger partial charge in [-0.15, -0.1) is 0 Å². The van der Waals surface area contributed by atoms with Gasteiger partial charge in [-0.1, -0.05) is 0 Å². The highest BCUT2D eigenvalue weighted by Crippen LogP contribution is 2.20. The van der Waals surface area contributed by atoms with E-state index in [0.29, 0.717) is 11.3 Å². The van der Waals surface area contributed by atoms with Crippen molar-refractivity contribution in [3.63, 3.8) is 0 Å². The molecule has 2 aromatic carbocycles. The molecular formula is C22H22FN3O3S. The molecule has 3 rings (SSSR count). The monoisotopic (exact) mass is 427 g/mol. The molecule has 0 saturated heterocycles. The average Bonchev–Trinajstić information content (AvgIpc) is 3.00. The Hall–Kier alpha value is -3.26. The van der Waals surface area contributed by atoms with Crippen LogP contribution < -0.4 is 4.72 Å². The van der Waals surface area contributed by atoms with Crippen molar-refractivity contribution in [2.24, 2.45) is 0 Å². The molecule has 0 atom stereocenters. The molecule has 3 aromatic rings. The van der Waals surface area contributed by atoms with Crippen LogP contribution in [0.25, 0.3) is 11.8 Å². The van der Waals surface area contributed by atoms with Crippen molar-refractivity contribution in [2.75, 3.05) is 10.5 Å². The minimum absolute atomic E-state index is 0.0271. The van der Waals surface area contributed by atoms with Gasteiger partial charge in [-0.3, -0.25) is 9.52 Å². The summed E-state index contributed by atoms with van der Waals surface area (Å²) in [4.78, 5) is 12.5. The molecular weight excluding hydrogens is 405 g/mol. The Morgan fingerprint density at radius 1 is 1.10 bits per heavy atom. The number of ketones is 1. The van der Waals surface area contributed by atoms with Crippen LogP contribution in [0.1, 0.15) is 34.2 Å². The molecule has 0 aliphatic carbocycles. The first-order valence-corrected chi connectivity index (χ1v) is 11.0. The summed E-state index contributed by atoms with van der Waals surface area (Å²) in [6.45, 7) is 5.27. The second-order valence-electron chi connectivity index (χ2n) is 6.75. The predicted molar refractivity (Wildman–Crippen MR) is 116 cm³/mol. The van der Waals surface area contributed by atoms with Crippen LogP contribution in [0.4, 0.5) is 10.1 Å². The van der Waals surface area contributed by atoms with Crippen LogP contribution in [0.5, 0.6) is 0 Å². The topological polar surface area (TPSA) is 81.1 Å². The molecule has 0 fully saturated rings. The summed E-state index contributed by atoms with van der Waals surface area (Å²) in [5.41, 5.74) is 3.95. The van der Waals surface area contributed by atoms with E-state index < -0.39 is 10.0 Å². The third kappa shape index (κ3) is 4.83. The van der Waals surface area contributed by atoms with Crippen LogP contribution in [0.15, 0.2) is 54.6 Å². The maximum atomic E-state index is 13.2. The Bertz CT molecular complexity index is 1200. The molecule has 1 N–H and O–H groups in total. The van der Waals surface area contributed by atoms with Gasteiger partial charge in [-0.05, 0) is 81.5 Å². The smallest absolute Gasteiger partial charge is 0.232 e. The van der Waals surface area contributed by atoms with E-state index in [9.17, 15) is 17.6 Å². The first-order valence-electron chi connectivity index (χ1n) is 9.35. The number of aromatic nitrogens is 2. The van der Waals surface area contributed by atoms with Gasteiger partial charge in [0.15, 0.2) is 5.78 Å². The summed E-state index contributed by atoms with van der Waals surface area (Å²) in [6, 6.07) is 12.3. The third-order valence-electron chi connectivity index (χ3n) is 4.64. The maximum Gasteiger partial charge on any atom is 0.232 e. The standard InChI is InChI=1S/C22H22FN3O3S/c1-4-30(28,29)25-19-9-5-17(6-10-19)22(27)14-13-21-15(2)24-26(16(21)3)20-11-7-18(23)8-12-20/h5-14,25H,4H2,1-3H3. The number of sulfonamides is 1. The summed E-state index contributed by atoms with van der Waals surface area (Å²) in [5.74, 6) is -0.562. The number of hydrogen-bond donors (Lipinski definition) is 1. The number of benzene rings is 2. The van der Waals surface area contributed by atoms with Gasteiger partial charge in [-0.2, -0.15) is 5.10 Å². The molecule has 1 heterocycles. The molecule has 8 heteroatoms. The molecule has 0 spiro atoms. The molecule has 0 amide bonds. The van der Waals surface area contributed by atoms with Crippen molar-refractivity contribution in [2.45, 2.75) is 20.8 Å². The number of nitrogens with zero attached hydrogens (tertiary/aromatic N) is 2. The number of aryl methyl sites for hydroxylation is 1. The molecule has 30 heavy (non-hydrogen) atoms. The lowest BCUT2D eigenvalue weighted by Gasteiger charge is -2.06. The lowest BCUT2D eigenvalue weighted by Crippen LogP contribution is -2.14. The normalized spacial score (nSPS) is 11.7. The van der Waals surface area contributed by atoms with Gasteiger partial charge in [0, 0.05) is 22.5 Å². The number of anilines is 1. The Morgan fingerprint density at radius 2 is 1.73 bits per heavy atom. The van der Waals surface area contributed by atoms with Crippen molar-refractivity contribution in [3.05, 3.63) is 82.9 Å². The number of allylic oxidation sites excluding steroid dienone is 1. The zero-order valence-electron chi connectivity index (χ0n) is 16.9. The Kier molecular flexibility index (Phi) is 6.17. The third-order valence-corrected chi connectivity index (χ3v) is 5.95. The quantitative estimate of drug-likeness (QED) is 0.451. The summed E-state index contributed by atoms with van der Waals surface area (Å²) in [6.07, 6.45) is 3.16. The van der Waals surface area contributed by atoms with E-state index in [4.69, 9.17) is 0 Å². The fourth-order valence-electron chi connectivity index (χ4n) is 2.94. The van der Waals surface area contributed by atoms with Gasteiger partial charge in [0.25, 0.3) is 0 Å². The first kappa shape index (κ1) is 21.4. The summed E-state index contributed by atoms with van der Waals surface area (Å²) in [7, 11) is -3.36. The molecule has 0 unspecified atom stereocenters. The number of rotatable bonds is 7. The van der Waals surface area contributed by atoms with E-state index in [2.05, 4.69) is 9.82 Å². The molecule has 0 saturated carbocycles. The van der Waals surface area contributed by atoms with E-state index in [1.54, 1.807) is 54.1 Å². The molecule has 1 aromatic heterocycles. The highest BCUT2D eigenvalue weighted by molar-refractivity contribution is 7.92. The van der Waals surface area contributed by atoms with Gasteiger partial charge >= 0.3 is 0 Å². The molecule has 156 valence electrons. The Balaban J connectivity index is 1.79. The molecule has 6 nitrogen and oxygen atoms in total. The highest BCUT2D eigenvalue weighted by atomic mass is 32.2. The van der Waals surface area contributed by atoms with E-state index in [0.717, 1.165) is 22.6 Å². The molecule has 0 aliphatic heterocycles. The summed E-state index contributed by atoms with van der Waals surface area (Å²) < 4.78 is 40.5. The zero-order chi connectivity index (χ0) is 21.9. The Morgan fingerprint density at radius 3 is 2.33 bits per heavy atom. The number of hydrogen-bond acceptors (Lipinski definition) is 4. The van der Waals surface area contributed by atoms with Crippen LogP contribution in [0, 0.1) is 19.7 Å². The van der Waals surface area contributed by atoms with Crippen LogP contribution >= 0.6 is 0 Å². The Labute approximate surface area is 175 Å². The van der Waals surface area contributed by atoms with Crippen LogP contribution in [0.3, 0.4) is 0 Å². The minimum Gasteiger partial charge on any atom is -0.289 e. The van der Waals surface area contributed by atoms with Crippen LogP contribution in [-0.2, 0) is 10.0 Å². The van der Waals surface area contributed by atoms with Crippen molar-refractivity contribution >= 4 is 27.6 Å². The lowest BCUT2D eigenvalue weighted by molar-refractivity contribution is 0.104. The molecule has 0 radical (unpaired) electrons. The molecule has 0 aliphatic rings. The van der Waals surface area contributed by atoms with E-state index >= 15 is 0 Å². The fraction of sp³-hybridized carbons (Fsp3) is 0.182. The number of nitrogens with one attached hydrogen (secondary N) is 1. The number of carbonyl (C=O) groups is 1. The van der Waals surface area contributed by atoms with E-state index in [-0.39, 0.29) is 17.4 Å². The highest BCUT2D eigenvalue weighted by Gasteiger charge is 2.12. The zero-order valence-corrected chi connectivity index (χ0v) is 17.7. The maximum absolute atomic E-state index is 13.2. The lowest BCUT2D eigenvalue weighted by atomic mass is 10.1. The van der Waals surface area contributed by atoms with Gasteiger partial charge < -0.3 is 0 Å². The van der Waals surface area contributed by atoms with Crippen LogP contribution in [0.2, 0.25) is 0 Å². The predicted octanol–water partition coefficient (Wildman–Crippen LogP) is 4.29. The number of carbonyl (C=O) groups excluding carboxylic acids is 1. The van der Waals surface area contributed by atoms with Crippen molar-refractivity contribution in [1.82, 2.24) is 9.78 Å². The van der Waals surface area contributed by atoms with Gasteiger partial charge in [0.1, 0.15) is 5.82 Å². The van der Waals surface area contributed by atoms with Crippen molar-refractivity contribution in [3.8, 4) is 5.69 Å². The first-order chi connectivity index (χ1) is 14.2. The second kappa shape index (κ2) is 8.62. The number of halogens is 1. The van der Waals surface area contributed by atoms with Gasteiger partial charge in [-0.25, -0.2) is 17.5 Å². The largest absolute Gasteiger partial charge is 0.289 e. The van der Waals surface area contributed by atoms with Gasteiger partial charge in [0.2, 0.25) is 10.0 Å². The molecule has 0 bridgehead atoms. The summed E-state index contributed by atoms with van der Waals surface area (Å²) >= 11 is 0. The van der Waals surface area contributed by atoms with Crippen LogP contribution in [-0.4, -0.2) is 29.7 Å². The fourth-order valence-corrected chi connectivity index (χ4v) is 3.58. The SMILES string of the molecule is CCS(=O)(=O)Nc1ccc(C(=O)C=Cc2c(C)nn(-c3ccc(F)cc3)c2C)cc1. The second-order valence-corrected chi connectivity index (χ2v) is 8.76. The van der Waals surface area contributed by atoms with E-state index in [1.165, 1.54) is 18.2 Å². The van der Waals surface area contributed by atoms with Crippen molar-refractivity contribution < 1.29 is 17.6 Å². The summed E-state index contributed by atoms with van der Waals surface area (Å²) in [5, 5.41) is 4.48. The minimum atomic E-state index is -3.36. The van der Waals surface area contributed by atoms with Crippen molar-refractivity contribution in [1.29, 1.82) is 0 Å².